The summed E-state index contributed by atoms with van der Waals surface area (Å²) in [5, 5.41) is 13.7. The molecule has 0 aliphatic rings. The van der Waals surface area contributed by atoms with Gasteiger partial charge in [-0.05, 0) is 37.6 Å². The van der Waals surface area contributed by atoms with Crippen molar-refractivity contribution >= 4 is 46.5 Å². The van der Waals surface area contributed by atoms with Gasteiger partial charge in [-0.3, -0.25) is 4.79 Å². The highest BCUT2D eigenvalue weighted by Gasteiger charge is 2.31. The number of anilines is 2. The summed E-state index contributed by atoms with van der Waals surface area (Å²) in [6.07, 6.45) is 5.28. The summed E-state index contributed by atoms with van der Waals surface area (Å²) in [5.41, 5.74) is 1.40. The average molecular weight is 434 g/mol. The van der Waals surface area contributed by atoms with Crippen LogP contribution < -0.4 is 5.32 Å². The maximum absolute atomic E-state index is 12.0. The van der Waals surface area contributed by atoms with Crippen molar-refractivity contribution in [1.82, 2.24) is 0 Å². The Morgan fingerprint density at radius 2 is 1.72 bits per heavy atom. The van der Waals surface area contributed by atoms with Crippen LogP contribution in [0.15, 0.2) is 66.8 Å². The molecule has 0 aliphatic heterocycles. The summed E-state index contributed by atoms with van der Waals surface area (Å²) >= 11 is 12.4. The van der Waals surface area contributed by atoms with Gasteiger partial charge in [0, 0.05) is 11.8 Å². The smallest absolute Gasteiger partial charge is 0.331 e. The van der Waals surface area contributed by atoms with Crippen LogP contribution in [0.1, 0.15) is 25.3 Å². The Hall–Kier alpha value is -2.76. The van der Waals surface area contributed by atoms with E-state index in [0.29, 0.717) is 27.0 Å². The molecular formula is C22H21Cl2NO4. The molecule has 2 unspecified atom stereocenters. The van der Waals surface area contributed by atoms with Gasteiger partial charge in [0.25, 0.3) is 0 Å². The molecule has 2 aromatic rings. The van der Waals surface area contributed by atoms with Crippen molar-refractivity contribution in [3.05, 3.63) is 82.4 Å². The monoisotopic (exact) mass is 433 g/mol. The van der Waals surface area contributed by atoms with E-state index >= 15 is 0 Å². The Kier molecular flexibility index (Phi) is 8.31. The van der Waals surface area contributed by atoms with E-state index in [1.165, 1.54) is 12.2 Å². The van der Waals surface area contributed by atoms with Crippen LogP contribution in [0, 0.1) is 0 Å². The summed E-state index contributed by atoms with van der Waals surface area (Å²) in [6, 6.07) is 11.9. The molecule has 0 amide bonds. The summed E-state index contributed by atoms with van der Waals surface area (Å²) in [6.45, 7) is 3.35. The topological polar surface area (TPSA) is 75.6 Å². The zero-order valence-electron chi connectivity index (χ0n) is 15.9. The van der Waals surface area contributed by atoms with Crippen molar-refractivity contribution < 1.29 is 19.4 Å². The van der Waals surface area contributed by atoms with Crippen LogP contribution in [0.2, 0.25) is 10.0 Å². The summed E-state index contributed by atoms with van der Waals surface area (Å²) < 4.78 is 5.31. The number of rotatable bonds is 8. The molecule has 0 fully saturated rings. The zero-order valence-corrected chi connectivity index (χ0v) is 17.4. The number of carbonyl (C=O) groups excluding carboxylic acids is 1. The van der Waals surface area contributed by atoms with E-state index in [1.54, 1.807) is 61.5 Å². The van der Waals surface area contributed by atoms with Crippen molar-refractivity contribution in [1.29, 1.82) is 0 Å². The number of hydrogen-bond acceptors (Lipinski definition) is 4. The molecule has 0 bridgehead atoms. The average Bonchev–Trinajstić information content (AvgIpc) is 2.66. The van der Waals surface area contributed by atoms with Gasteiger partial charge >= 0.3 is 11.9 Å². The van der Waals surface area contributed by atoms with Gasteiger partial charge in [0.05, 0.1) is 15.7 Å². The lowest BCUT2D eigenvalue weighted by Crippen LogP contribution is -2.28. The Bertz CT molecular complexity index is 920. The van der Waals surface area contributed by atoms with Crippen LogP contribution in [0.3, 0.4) is 0 Å². The molecule has 2 aromatic carbocycles. The lowest BCUT2D eigenvalue weighted by atomic mass is 9.92. The third-order valence-corrected chi connectivity index (χ3v) is 4.72. The lowest BCUT2D eigenvalue weighted by molar-refractivity contribution is -0.149. The Morgan fingerprint density at radius 3 is 2.34 bits per heavy atom. The third kappa shape index (κ3) is 6.11. The zero-order chi connectivity index (χ0) is 21.4. The predicted molar refractivity (Wildman–Crippen MR) is 116 cm³/mol. The molecule has 0 aliphatic carbocycles. The van der Waals surface area contributed by atoms with Gasteiger partial charge in [-0.25, -0.2) is 4.79 Å². The van der Waals surface area contributed by atoms with Crippen LogP contribution in [-0.2, 0) is 14.3 Å². The fourth-order valence-electron chi connectivity index (χ4n) is 2.76. The number of ether oxygens (including phenoxy) is 1. The molecule has 29 heavy (non-hydrogen) atoms. The molecule has 5 nitrogen and oxygen atoms in total. The highest BCUT2D eigenvalue weighted by atomic mass is 35.5. The summed E-state index contributed by atoms with van der Waals surface area (Å²) in [5.74, 6) is -2.84. The summed E-state index contributed by atoms with van der Waals surface area (Å²) in [7, 11) is 0. The van der Waals surface area contributed by atoms with Gasteiger partial charge in [-0.15, -0.1) is 0 Å². The molecular weight excluding hydrogens is 413 g/mol. The minimum atomic E-state index is -1.12. The van der Waals surface area contributed by atoms with Crippen LogP contribution in [-0.4, -0.2) is 23.1 Å². The van der Waals surface area contributed by atoms with Crippen molar-refractivity contribution in [3.63, 3.8) is 0 Å². The number of aliphatic carboxylic acids is 1. The first-order valence-corrected chi connectivity index (χ1v) is 9.63. The number of carbonyl (C=O) groups is 2. The molecule has 0 saturated carbocycles. The number of carboxylic acids is 1. The predicted octanol–water partition coefficient (Wildman–Crippen LogP) is 5.97. The van der Waals surface area contributed by atoms with Gasteiger partial charge < -0.3 is 15.2 Å². The minimum absolute atomic E-state index is 0.396. The second-order valence-corrected chi connectivity index (χ2v) is 6.97. The lowest BCUT2D eigenvalue weighted by Gasteiger charge is -2.23. The van der Waals surface area contributed by atoms with Gasteiger partial charge in [-0.1, -0.05) is 65.7 Å². The highest BCUT2D eigenvalue weighted by molar-refractivity contribution is 6.39. The second kappa shape index (κ2) is 10.7. The quantitative estimate of drug-likeness (QED) is 0.304. The van der Waals surface area contributed by atoms with Crippen LogP contribution in [0.25, 0.3) is 0 Å². The van der Waals surface area contributed by atoms with Crippen LogP contribution in [0.4, 0.5) is 11.4 Å². The molecule has 7 heteroatoms. The Labute approximate surface area is 179 Å². The second-order valence-electron chi connectivity index (χ2n) is 6.15. The minimum Gasteiger partial charge on any atom is -0.481 e. The van der Waals surface area contributed by atoms with Crippen molar-refractivity contribution in [2.24, 2.45) is 0 Å². The standard InChI is InChI=1S/C22H21Cl2NO4/c1-3-4-5-13-19(26)29-14(2)20(22(27)28)15-9-6-7-12-18(15)25-21-16(23)10-8-11-17(21)24/h3-14,20,25H,1-2H3,(H,27,28)/b4-3+,13-5+. The molecule has 0 spiro atoms. The van der Waals surface area contributed by atoms with Crippen molar-refractivity contribution in [2.45, 2.75) is 25.9 Å². The number of allylic oxidation sites excluding steroid dienone is 3. The van der Waals surface area contributed by atoms with Crippen molar-refractivity contribution in [3.8, 4) is 0 Å². The first-order valence-electron chi connectivity index (χ1n) is 8.88. The molecule has 0 radical (unpaired) electrons. The van der Waals surface area contributed by atoms with E-state index in [4.69, 9.17) is 27.9 Å². The number of nitrogens with one attached hydrogen (secondary N) is 1. The van der Waals surface area contributed by atoms with E-state index < -0.39 is 24.0 Å². The van der Waals surface area contributed by atoms with E-state index in [9.17, 15) is 14.7 Å². The van der Waals surface area contributed by atoms with Crippen LogP contribution >= 0.6 is 23.2 Å². The molecule has 0 aromatic heterocycles. The maximum Gasteiger partial charge on any atom is 0.331 e. The van der Waals surface area contributed by atoms with E-state index in [2.05, 4.69) is 5.32 Å². The maximum atomic E-state index is 12.0. The van der Waals surface area contributed by atoms with E-state index in [-0.39, 0.29) is 0 Å². The van der Waals surface area contributed by atoms with Gasteiger partial charge in [0.1, 0.15) is 12.0 Å². The fraction of sp³-hybridized carbons (Fsp3) is 0.182. The molecule has 2 rings (SSSR count). The number of para-hydroxylation sites is 2. The number of benzene rings is 2. The van der Waals surface area contributed by atoms with E-state index in [0.717, 1.165) is 0 Å². The number of esters is 1. The molecule has 2 N–H and O–H groups in total. The Morgan fingerprint density at radius 1 is 1.07 bits per heavy atom. The molecule has 152 valence electrons. The molecule has 0 heterocycles. The first-order chi connectivity index (χ1) is 13.8. The molecule has 0 saturated heterocycles. The first kappa shape index (κ1) is 22.5. The fourth-order valence-corrected chi connectivity index (χ4v) is 3.25. The number of carboxylic acid groups (broad SMARTS) is 1. The SMILES string of the molecule is C/C=C/C=C/C(=O)OC(C)C(C(=O)O)c1ccccc1Nc1c(Cl)cccc1Cl. The van der Waals surface area contributed by atoms with Gasteiger partial charge in [0.15, 0.2) is 0 Å². The third-order valence-electron chi connectivity index (χ3n) is 4.09. The van der Waals surface area contributed by atoms with E-state index in [1.807, 2.05) is 6.92 Å². The van der Waals surface area contributed by atoms with Gasteiger partial charge in [-0.2, -0.15) is 0 Å². The largest absolute Gasteiger partial charge is 0.481 e. The van der Waals surface area contributed by atoms with Gasteiger partial charge in [0.2, 0.25) is 0 Å². The highest BCUT2D eigenvalue weighted by Crippen LogP contribution is 2.36. The number of halogens is 2. The normalized spacial score (nSPS) is 13.4. The summed E-state index contributed by atoms with van der Waals surface area (Å²) in [4.78, 5) is 24.0. The van der Waals surface area contributed by atoms with Crippen molar-refractivity contribution in [2.75, 3.05) is 5.32 Å². The molecule has 2 atom stereocenters. The van der Waals surface area contributed by atoms with Crippen LogP contribution in [0.5, 0.6) is 0 Å². The Balaban J connectivity index is 2.34. The number of hydrogen-bond donors (Lipinski definition) is 2.